The Kier molecular flexibility index (Phi) is 13.0. The van der Waals surface area contributed by atoms with E-state index in [0.29, 0.717) is 31.2 Å². The maximum Gasteiger partial charge on any atom is 0.407 e. The number of imidazole rings is 2. The van der Waals surface area contributed by atoms with Crippen LogP contribution in [-0.2, 0) is 14.3 Å². The third kappa shape index (κ3) is 9.20. The van der Waals surface area contributed by atoms with Crippen LogP contribution in [-0.4, -0.2) is 97.2 Å². The van der Waals surface area contributed by atoms with Gasteiger partial charge in [0.1, 0.15) is 23.7 Å². The van der Waals surface area contributed by atoms with Crippen LogP contribution in [0.4, 0.5) is 19.7 Å². The highest BCUT2D eigenvalue weighted by atomic mass is 19.1. The summed E-state index contributed by atoms with van der Waals surface area (Å²) in [6.45, 7) is 8.50. The van der Waals surface area contributed by atoms with Gasteiger partial charge in [-0.3, -0.25) is 9.59 Å². The maximum absolute atomic E-state index is 16.1. The number of ether oxygens (including phenoxy) is 2. The monoisotopic (exact) mass is 919 g/mol. The number of hydrogen-bond donors (Lipinski definition) is 5. The van der Waals surface area contributed by atoms with E-state index >= 15 is 4.39 Å². The number of alkyl carbamates (subject to hydrolysis) is 1. The molecule has 0 radical (unpaired) electrons. The number of carbonyl (C=O) groups is 4. The fraction of sp³-hybridized carbons (Fsp3) is 0.520. The van der Waals surface area contributed by atoms with Gasteiger partial charge in [-0.1, -0.05) is 39.8 Å². The summed E-state index contributed by atoms with van der Waals surface area (Å²) in [5.74, 6) is 0.397. The van der Waals surface area contributed by atoms with E-state index in [9.17, 15) is 24.3 Å². The van der Waals surface area contributed by atoms with Crippen LogP contribution in [0.3, 0.4) is 0 Å². The largest absolute Gasteiger partial charge is 0.487 e. The molecule has 4 aliphatic rings. The Hall–Kier alpha value is -6.39. The van der Waals surface area contributed by atoms with Gasteiger partial charge in [0.05, 0.1) is 59.4 Å². The molecule has 9 rings (SSSR count). The van der Waals surface area contributed by atoms with Crippen LogP contribution in [0.1, 0.15) is 139 Å². The van der Waals surface area contributed by atoms with E-state index in [1.165, 1.54) is 7.11 Å². The number of amides is 4. The van der Waals surface area contributed by atoms with Gasteiger partial charge in [0.2, 0.25) is 11.8 Å². The molecular formula is C50H62FN9O7. The van der Waals surface area contributed by atoms with Gasteiger partial charge in [-0.25, -0.2) is 23.9 Å². The molecule has 0 bridgehead atoms. The number of likely N-dealkylation sites (tertiary alicyclic amines) is 2. The molecule has 3 aliphatic heterocycles. The van der Waals surface area contributed by atoms with E-state index in [-0.39, 0.29) is 59.7 Å². The number of aromatic nitrogens is 4. The Bertz CT molecular complexity index is 2640. The first-order valence-corrected chi connectivity index (χ1v) is 24.0. The highest BCUT2D eigenvalue weighted by molar-refractivity contribution is 5.87. The number of methoxy groups -OCH3 is 1. The molecule has 1 saturated carbocycles. The standard InChI is InChI=1S/C50H62FN9O7/c1-27(2)43(56-49(63)64)47(61)58-22-8-12-40(58)45-52-34-17-14-29(24-36(34)54-45)38-19-20-39(60(38)31-16-21-42(33(51)26-31)67-32-10-6-7-11-32)30-15-18-35-37(25-30)55-46(53-35)41-13-9-23-59(41)48(62)44(28(3)4)57-50(65)66-5/h14-18,21,24-28,32,38-41,43-44,56H,6-13,19-20,22-23H2,1-5H3,(H,52,54)(H,53,55)(H,57,65)(H,63,64)/t38-,39-,40+,41+,43+,44+/m1/s1. The number of anilines is 1. The average Bonchev–Trinajstić information content (AvgIpc) is 4.17. The fourth-order valence-corrected chi connectivity index (χ4v) is 10.9. The molecule has 5 N–H and O–H groups in total. The molecule has 5 aromatic rings. The summed E-state index contributed by atoms with van der Waals surface area (Å²) in [5.41, 5.74) is 5.97. The van der Waals surface area contributed by atoms with Crippen LogP contribution < -0.4 is 20.3 Å². The molecule has 6 atom stereocenters. The zero-order valence-corrected chi connectivity index (χ0v) is 38.9. The number of benzene rings is 3. The van der Waals surface area contributed by atoms with Crippen molar-refractivity contribution in [3.05, 3.63) is 83.2 Å². The zero-order chi connectivity index (χ0) is 47.1. The second-order valence-electron chi connectivity index (χ2n) is 19.4. The molecule has 1 aliphatic carbocycles. The van der Waals surface area contributed by atoms with E-state index in [1.807, 2.05) is 50.8 Å². The Balaban J connectivity index is 1.02. The molecular weight excluding hydrogens is 858 g/mol. The molecule has 16 nitrogen and oxygen atoms in total. The minimum atomic E-state index is -1.23. The lowest BCUT2D eigenvalue weighted by molar-refractivity contribution is -0.136. The van der Waals surface area contributed by atoms with Crippen molar-refractivity contribution in [3.63, 3.8) is 0 Å². The average molecular weight is 920 g/mol. The predicted molar refractivity (Wildman–Crippen MR) is 250 cm³/mol. The number of H-pyrrole nitrogens is 2. The topological polar surface area (TPSA) is 198 Å². The summed E-state index contributed by atoms with van der Waals surface area (Å²) in [5, 5.41) is 14.6. The molecule has 2 aromatic heterocycles. The van der Waals surface area contributed by atoms with E-state index in [4.69, 9.17) is 19.4 Å². The molecule has 5 heterocycles. The quantitative estimate of drug-likeness (QED) is 0.0760. The van der Waals surface area contributed by atoms with Crippen molar-refractivity contribution < 1.29 is 38.1 Å². The Morgan fingerprint density at radius 1 is 0.687 bits per heavy atom. The Labute approximate surface area is 389 Å². The molecule has 4 amide bonds. The Morgan fingerprint density at radius 2 is 1.21 bits per heavy atom. The van der Waals surface area contributed by atoms with Crippen LogP contribution in [0.5, 0.6) is 5.75 Å². The van der Waals surface area contributed by atoms with Gasteiger partial charge < -0.3 is 49.9 Å². The molecule has 356 valence electrons. The van der Waals surface area contributed by atoms with Crippen LogP contribution in [0.2, 0.25) is 0 Å². The zero-order valence-electron chi connectivity index (χ0n) is 38.9. The molecule has 3 saturated heterocycles. The van der Waals surface area contributed by atoms with Gasteiger partial charge in [0, 0.05) is 24.8 Å². The van der Waals surface area contributed by atoms with Crippen LogP contribution in [0.25, 0.3) is 22.1 Å². The fourth-order valence-electron chi connectivity index (χ4n) is 10.9. The molecule has 4 fully saturated rings. The smallest absolute Gasteiger partial charge is 0.407 e. The normalized spacial score (nSPS) is 22.1. The lowest BCUT2D eigenvalue weighted by Crippen LogP contribution is -2.51. The van der Waals surface area contributed by atoms with Crippen molar-refractivity contribution >= 4 is 51.8 Å². The summed E-state index contributed by atoms with van der Waals surface area (Å²) in [6.07, 6.45) is 6.69. The van der Waals surface area contributed by atoms with Gasteiger partial charge in [0.15, 0.2) is 11.6 Å². The SMILES string of the molecule is COC(=O)N[C@H](C(=O)N1CCC[C@H]1c1nc2ccc([C@H]3CC[C@H](c4ccc5nc([C@@H]6CCCN6C(=O)[C@@H](NC(=O)O)C(C)C)[nH]c5c4)N3c3ccc(OC4CCCC4)c(F)c3)cc2[nH]1)C(C)C. The highest BCUT2D eigenvalue weighted by Gasteiger charge is 2.41. The third-order valence-corrected chi connectivity index (χ3v) is 14.3. The van der Waals surface area contributed by atoms with Crippen molar-refractivity contribution in [3.8, 4) is 5.75 Å². The molecule has 17 heteroatoms. The van der Waals surface area contributed by atoms with Gasteiger partial charge in [0.25, 0.3) is 0 Å². The van der Waals surface area contributed by atoms with Crippen molar-refractivity contribution in [2.75, 3.05) is 25.1 Å². The summed E-state index contributed by atoms with van der Waals surface area (Å²) < 4.78 is 27.1. The van der Waals surface area contributed by atoms with E-state index < -0.39 is 30.1 Å². The van der Waals surface area contributed by atoms with E-state index in [0.717, 1.165) is 96.7 Å². The number of nitrogens with one attached hydrogen (secondary N) is 4. The number of hydrogen-bond acceptors (Lipinski definition) is 9. The lowest BCUT2D eigenvalue weighted by atomic mass is 10.0. The lowest BCUT2D eigenvalue weighted by Gasteiger charge is -2.33. The number of halogens is 1. The van der Waals surface area contributed by atoms with Crippen molar-refractivity contribution in [2.24, 2.45) is 11.8 Å². The second kappa shape index (κ2) is 19.1. The molecule has 67 heavy (non-hydrogen) atoms. The van der Waals surface area contributed by atoms with Crippen molar-refractivity contribution in [1.82, 2.24) is 40.4 Å². The first-order valence-electron chi connectivity index (χ1n) is 24.0. The minimum Gasteiger partial charge on any atom is -0.487 e. The van der Waals surface area contributed by atoms with Gasteiger partial charge >= 0.3 is 12.2 Å². The number of aromatic amines is 2. The second-order valence-corrected chi connectivity index (χ2v) is 19.4. The van der Waals surface area contributed by atoms with Gasteiger partial charge in [-0.15, -0.1) is 0 Å². The molecule has 3 aromatic carbocycles. The predicted octanol–water partition coefficient (Wildman–Crippen LogP) is 8.98. The van der Waals surface area contributed by atoms with E-state index in [2.05, 4.69) is 49.8 Å². The molecule has 0 spiro atoms. The third-order valence-electron chi connectivity index (χ3n) is 14.3. The number of fused-ring (bicyclic) bond motifs is 2. The summed E-state index contributed by atoms with van der Waals surface area (Å²) in [7, 11) is 1.28. The Morgan fingerprint density at radius 3 is 1.69 bits per heavy atom. The van der Waals surface area contributed by atoms with Gasteiger partial charge in [-0.05, 0) is 124 Å². The number of carboxylic acid groups (broad SMARTS) is 1. The minimum absolute atomic E-state index is 0.0137. The maximum atomic E-state index is 16.1. The molecule has 0 unspecified atom stereocenters. The first-order chi connectivity index (χ1) is 32.3. The summed E-state index contributed by atoms with van der Waals surface area (Å²) in [6, 6.07) is 15.2. The number of carbonyl (C=O) groups excluding carboxylic acids is 3. The summed E-state index contributed by atoms with van der Waals surface area (Å²) in [4.78, 5) is 74.2. The first kappa shape index (κ1) is 45.8. The van der Waals surface area contributed by atoms with Crippen LogP contribution >= 0.6 is 0 Å². The van der Waals surface area contributed by atoms with E-state index in [1.54, 1.807) is 17.0 Å². The van der Waals surface area contributed by atoms with Gasteiger partial charge in [-0.2, -0.15) is 0 Å². The van der Waals surface area contributed by atoms with Crippen LogP contribution in [0.15, 0.2) is 54.6 Å². The highest BCUT2D eigenvalue weighted by Crippen LogP contribution is 2.49. The summed E-state index contributed by atoms with van der Waals surface area (Å²) >= 11 is 0. The van der Waals surface area contributed by atoms with Crippen LogP contribution in [0, 0.1) is 17.7 Å². The number of rotatable bonds is 13. The number of nitrogens with zero attached hydrogens (tertiary/aromatic N) is 5. The van der Waals surface area contributed by atoms with Crippen molar-refractivity contribution in [1.29, 1.82) is 0 Å². The van der Waals surface area contributed by atoms with Crippen molar-refractivity contribution in [2.45, 2.75) is 134 Å².